The van der Waals surface area contributed by atoms with Gasteiger partial charge in [0.05, 0.1) is 17.1 Å². The normalized spacial score (nSPS) is 19.3. The van der Waals surface area contributed by atoms with E-state index in [-0.39, 0.29) is 11.0 Å². The number of likely N-dealkylation sites (N-methyl/N-ethyl adjacent to an activating group) is 1. The summed E-state index contributed by atoms with van der Waals surface area (Å²) in [4.78, 5) is 2.39. The van der Waals surface area contributed by atoms with Crippen LogP contribution < -0.4 is 14.4 Å². The Balaban J connectivity index is 2.48. The lowest BCUT2D eigenvalue weighted by atomic mass is 10.2. The minimum atomic E-state index is -3.41. The first kappa shape index (κ1) is 13.2. The number of rotatable bonds is 3. The number of anilines is 1. The largest absolute Gasteiger partial charge is 0.487 e. The van der Waals surface area contributed by atoms with E-state index >= 15 is 0 Å². The van der Waals surface area contributed by atoms with Crippen molar-refractivity contribution in [2.75, 3.05) is 25.0 Å². The van der Waals surface area contributed by atoms with Gasteiger partial charge < -0.3 is 9.64 Å². The third kappa shape index (κ3) is 2.30. The van der Waals surface area contributed by atoms with Crippen molar-refractivity contribution in [2.24, 2.45) is 0 Å². The molecule has 0 saturated heterocycles. The van der Waals surface area contributed by atoms with Crippen LogP contribution in [0.1, 0.15) is 13.8 Å². The number of ether oxygens (including phenoxy) is 1. The minimum Gasteiger partial charge on any atom is -0.487 e. The predicted octanol–water partition coefficient (Wildman–Crippen LogP) is 1.20. The SMILES string of the molecule is CCN1CC(C)Oc2ccc(S(=O)(=O)NC)cc21. The van der Waals surface area contributed by atoms with Crippen LogP contribution in [0, 0.1) is 0 Å². The van der Waals surface area contributed by atoms with Crippen molar-refractivity contribution in [3.8, 4) is 5.75 Å². The highest BCUT2D eigenvalue weighted by molar-refractivity contribution is 7.89. The van der Waals surface area contributed by atoms with E-state index in [1.165, 1.54) is 7.05 Å². The molecule has 1 heterocycles. The fourth-order valence-corrected chi connectivity index (χ4v) is 2.84. The van der Waals surface area contributed by atoms with Crippen LogP contribution in [-0.2, 0) is 10.0 Å². The molecule has 0 fully saturated rings. The van der Waals surface area contributed by atoms with Crippen LogP contribution in [0.25, 0.3) is 0 Å². The third-order valence-electron chi connectivity index (χ3n) is 3.04. The van der Waals surface area contributed by atoms with Crippen LogP contribution in [0.5, 0.6) is 5.75 Å². The Hall–Kier alpha value is -1.27. The van der Waals surface area contributed by atoms with Gasteiger partial charge in [0.2, 0.25) is 10.0 Å². The van der Waals surface area contributed by atoms with Gasteiger partial charge in [0.1, 0.15) is 11.9 Å². The Morgan fingerprint density at radius 2 is 2.22 bits per heavy atom. The van der Waals surface area contributed by atoms with E-state index in [4.69, 9.17) is 4.74 Å². The molecule has 0 aliphatic carbocycles. The Bertz CT molecular complexity index is 542. The van der Waals surface area contributed by atoms with Crippen molar-refractivity contribution in [3.63, 3.8) is 0 Å². The Labute approximate surface area is 108 Å². The van der Waals surface area contributed by atoms with Gasteiger partial charge >= 0.3 is 0 Å². The van der Waals surface area contributed by atoms with Gasteiger partial charge in [-0.05, 0) is 39.1 Å². The molecule has 1 N–H and O–H groups in total. The number of hydrogen-bond donors (Lipinski definition) is 1. The topological polar surface area (TPSA) is 58.6 Å². The first-order valence-corrected chi connectivity index (χ1v) is 7.45. The zero-order valence-electron chi connectivity index (χ0n) is 10.8. The summed E-state index contributed by atoms with van der Waals surface area (Å²) >= 11 is 0. The van der Waals surface area contributed by atoms with E-state index in [0.717, 1.165) is 24.5 Å². The first-order chi connectivity index (χ1) is 8.47. The highest BCUT2D eigenvalue weighted by atomic mass is 32.2. The van der Waals surface area contributed by atoms with E-state index in [9.17, 15) is 8.42 Å². The van der Waals surface area contributed by atoms with Crippen LogP contribution in [0.4, 0.5) is 5.69 Å². The second kappa shape index (κ2) is 4.78. The minimum absolute atomic E-state index is 0.115. The lowest BCUT2D eigenvalue weighted by Crippen LogP contribution is -2.38. The van der Waals surface area contributed by atoms with Gasteiger partial charge in [0.15, 0.2) is 0 Å². The molecule has 0 aromatic heterocycles. The summed E-state index contributed by atoms with van der Waals surface area (Å²) in [6.07, 6.45) is 0.115. The maximum absolute atomic E-state index is 11.8. The molecule has 2 rings (SSSR count). The Morgan fingerprint density at radius 3 is 2.83 bits per heavy atom. The monoisotopic (exact) mass is 270 g/mol. The second-order valence-electron chi connectivity index (χ2n) is 4.30. The molecule has 1 aliphatic heterocycles. The van der Waals surface area contributed by atoms with Gasteiger partial charge in [-0.1, -0.05) is 0 Å². The number of sulfonamides is 1. The zero-order chi connectivity index (χ0) is 13.3. The number of fused-ring (bicyclic) bond motifs is 1. The van der Waals surface area contributed by atoms with Gasteiger partial charge in [-0.3, -0.25) is 0 Å². The zero-order valence-corrected chi connectivity index (χ0v) is 11.6. The molecule has 0 amide bonds. The maximum atomic E-state index is 11.8. The smallest absolute Gasteiger partial charge is 0.240 e. The highest BCUT2D eigenvalue weighted by Crippen LogP contribution is 2.35. The van der Waals surface area contributed by atoms with E-state index in [1.54, 1.807) is 18.2 Å². The van der Waals surface area contributed by atoms with E-state index < -0.39 is 10.0 Å². The summed E-state index contributed by atoms with van der Waals surface area (Å²) in [6, 6.07) is 4.95. The molecule has 0 saturated carbocycles. The van der Waals surface area contributed by atoms with E-state index in [0.29, 0.717) is 0 Å². The summed E-state index contributed by atoms with van der Waals surface area (Å²) in [5.41, 5.74) is 0.840. The lowest BCUT2D eigenvalue weighted by molar-refractivity contribution is 0.213. The maximum Gasteiger partial charge on any atom is 0.240 e. The number of hydrogen-bond acceptors (Lipinski definition) is 4. The fraction of sp³-hybridized carbons (Fsp3) is 0.500. The molecule has 0 spiro atoms. The van der Waals surface area contributed by atoms with Gasteiger partial charge in [-0.2, -0.15) is 0 Å². The molecule has 1 aromatic rings. The van der Waals surface area contributed by atoms with Crippen molar-refractivity contribution >= 4 is 15.7 Å². The number of nitrogens with zero attached hydrogens (tertiary/aromatic N) is 1. The predicted molar refractivity (Wildman–Crippen MR) is 70.7 cm³/mol. The molecule has 1 aliphatic rings. The van der Waals surface area contributed by atoms with Gasteiger partial charge in [0.25, 0.3) is 0 Å². The number of nitrogens with one attached hydrogen (secondary N) is 1. The molecular weight excluding hydrogens is 252 g/mol. The summed E-state index contributed by atoms with van der Waals surface area (Å²) < 4.78 is 31.6. The lowest BCUT2D eigenvalue weighted by Gasteiger charge is -2.34. The Morgan fingerprint density at radius 1 is 1.50 bits per heavy atom. The van der Waals surface area contributed by atoms with Crippen LogP contribution in [0.3, 0.4) is 0 Å². The summed E-state index contributed by atoms with van der Waals surface area (Å²) in [5.74, 6) is 0.741. The average Bonchev–Trinajstić information content (AvgIpc) is 2.37. The quantitative estimate of drug-likeness (QED) is 0.896. The summed E-state index contributed by atoms with van der Waals surface area (Å²) in [5, 5.41) is 0. The summed E-state index contributed by atoms with van der Waals surface area (Å²) in [7, 11) is -2.00. The second-order valence-corrected chi connectivity index (χ2v) is 6.19. The van der Waals surface area contributed by atoms with Crippen molar-refractivity contribution in [2.45, 2.75) is 24.8 Å². The molecule has 0 radical (unpaired) electrons. The van der Waals surface area contributed by atoms with Gasteiger partial charge in [0, 0.05) is 6.54 Å². The highest BCUT2D eigenvalue weighted by Gasteiger charge is 2.24. The third-order valence-corrected chi connectivity index (χ3v) is 4.45. The van der Waals surface area contributed by atoms with E-state index in [1.807, 2.05) is 13.8 Å². The average molecular weight is 270 g/mol. The summed E-state index contributed by atoms with van der Waals surface area (Å²) in [6.45, 7) is 5.64. The molecule has 1 atom stereocenters. The molecule has 1 aromatic carbocycles. The first-order valence-electron chi connectivity index (χ1n) is 5.97. The fourth-order valence-electron chi connectivity index (χ4n) is 2.09. The molecule has 18 heavy (non-hydrogen) atoms. The van der Waals surface area contributed by atoms with Gasteiger partial charge in [-0.15, -0.1) is 0 Å². The van der Waals surface area contributed by atoms with Crippen molar-refractivity contribution < 1.29 is 13.2 Å². The molecule has 5 nitrogen and oxygen atoms in total. The standard InChI is InChI=1S/C12H18N2O3S/c1-4-14-8-9(2)17-12-6-5-10(7-11(12)14)18(15,16)13-3/h5-7,9,13H,4,8H2,1-3H3. The molecule has 6 heteroatoms. The van der Waals surface area contributed by atoms with Gasteiger partial charge in [-0.25, -0.2) is 13.1 Å². The van der Waals surface area contributed by atoms with Crippen LogP contribution in [-0.4, -0.2) is 34.7 Å². The van der Waals surface area contributed by atoms with Crippen LogP contribution in [0.2, 0.25) is 0 Å². The Kier molecular flexibility index (Phi) is 3.49. The van der Waals surface area contributed by atoms with Crippen molar-refractivity contribution in [3.05, 3.63) is 18.2 Å². The van der Waals surface area contributed by atoms with E-state index in [2.05, 4.69) is 9.62 Å². The molecule has 1 unspecified atom stereocenters. The molecule has 0 bridgehead atoms. The van der Waals surface area contributed by atoms with Crippen LogP contribution >= 0.6 is 0 Å². The number of benzene rings is 1. The molecular formula is C12H18N2O3S. The van der Waals surface area contributed by atoms with Crippen LogP contribution in [0.15, 0.2) is 23.1 Å². The van der Waals surface area contributed by atoms with Crippen molar-refractivity contribution in [1.29, 1.82) is 0 Å². The van der Waals surface area contributed by atoms with Crippen molar-refractivity contribution in [1.82, 2.24) is 4.72 Å². The molecule has 100 valence electrons.